The summed E-state index contributed by atoms with van der Waals surface area (Å²) in [6.45, 7) is 0. The Kier molecular flexibility index (Phi) is 7.38. The number of nitrogens with two attached hydrogens (primary N) is 2. The van der Waals surface area contributed by atoms with E-state index < -0.39 is 46.9 Å². The average molecular weight is 538 g/mol. The molecule has 0 saturated heterocycles. The van der Waals surface area contributed by atoms with E-state index in [2.05, 4.69) is 9.72 Å². The first-order valence-corrected chi connectivity index (χ1v) is 11.4. The number of primary amides is 2. The van der Waals surface area contributed by atoms with Gasteiger partial charge in [-0.15, -0.1) is 13.2 Å². The highest BCUT2D eigenvalue weighted by Gasteiger charge is 2.34. The molecule has 1 heterocycles. The number of aromatic nitrogens is 2. The zero-order chi connectivity index (χ0) is 28.3. The lowest BCUT2D eigenvalue weighted by Crippen LogP contribution is -2.41. The summed E-state index contributed by atoms with van der Waals surface area (Å²) in [4.78, 5) is 51.0. The zero-order valence-electron chi connectivity index (χ0n) is 20.1. The van der Waals surface area contributed by atoms with Gasteiger partial charge in [-0.2, -0.15) is 0 Å². The number of alkyl halides is 3. The number of halogens is 3. The molecule has 5 N–H and O–H groups in total. The highest BCUT2D eigenvalue weighted by Crippen LogP contribution is 2.36. The van der Waals surface area contributed by atoms with Gasteiger partial charge in [0.1, 0.15) is 11.4 Å². The number of nitrogens with one attached hydrogen (secondary N) is 1. The fourth-order valence-electron chi connectivity index (χ4n) is 4.14. The van der Waals surface area contributed by atoms with Crippen LogP contribution in [0.25, 0.3) is 11.1 Å². The molecule has 1 unspecified atom stereocenters. The van der Waals surface area contributed by atoms with Gasteiger partial charge in [0.25, 0.3) is 11.5 Å². The minimum Gasteiger partial charge on any atom is -0.405 e. The predicted molar refractivity (Wildman–Crippen MR) is 135 cm³/mol. The van der Waals surface area contributed by atoms with Gasteiger partial charge in [-0.1, -0.05) is 54.6 Å². The molecular weight excluding hydrogens is 517 g/mol. The van der Waals surface area contributed by atoms with Gasteiger partial charge in [-0.25, -0.2) is 4.79 Å². The first-order valence-electron chi connectivity index (χ1n) is 11.4. The highest BCUT2D eigenvalue weighted by atomic mass is 19.4. The summed E-state index contributed by atoms with van der Waals surface area (Å²) in [6, 6.07) is 17.8. The van der Waals surface area contributed by atoms with Crippen molar-refractivity contribution in [3.63, 3.8) is 0 Å². The van der Waals surface area contributed by atoms with Crippen LogP contribution in [0.1, 0.15) is 38.0 Å². The number of hydrogen-bond donors (Lipinski definition) is 3. The van der Waals surface area contributed by atoms with Crippen LogP contribution in [0, 0.1) is 0 Å². The molecule has 1 atom stereocenters. The van der Waals surface area contributed by atoms with Gasteiger partial charge in [0.15, 0.2) is 0 Å². The molecule has 0 fully saturated rings. The number of carbonyl (C=O) groups excluding carboxylic acids is 2. The monoisotopic (exact) mass is 538 g/mol. The second kappa shape index (κ2) is 10.7. The van der Waals surface area contributed by atoms with Crippen LogP contribution in [0.2, 0.25) is 0 Å². The molecule has 3 aromatic carbocycles. The molecule has 39 heavy (non-hydrogen) atoms. The first kappa shape index (κ1) is 26.9. The van der Waals surface area contributed by atoms with Gasteiger partial charge in [0, 0.05) is 17.2 Å². The molecule has 0 aliphatic carbocycles. The van der Waals surface area contributed by atoms with Crippen LogP contribution >= 0.6 is 0 Å². The molecule has 200 valence electrons. The van der Waals surface area contributed by atoms with Crippen LogP contribution in [0.5, 0.6) is 5.75 Å². The van der Waals surface area contributed by atoms with Crippen LogP contribution in [0.3, 0.4) is 0 Å². The van der Waals surface area contributed by atoms with Gasteiger partial charge in [-0.05, 0) is 41.3 Å². The lowest BCUT2D eigenvalue weighted by atomic mass is 9.94. The Labute approximate surface area is 218 Å². The number of H-pyrrole nitrogens is 1. The summed E-state index contributed by atoms with van der Waals surface area (Å²) in [7, 11) is 0. The molecule has 4 aromatic rings. The van der Waals surface area contributed by atoms with Crippen LogP contribution in [0.4, 0.5) is 13.2 Å². The molecular formula is C27H21F3N4O5. The van der Waals surface area contributed by atoms with Gasteiger partial charge in [-0.3, -0.25) is 19.0 Å². The SMILES string of the molecule is NC(=O)c1ccc(-c2ccc(C(Cc3ccccc3)n3c(=O)cc(C(N)=O)[nH]c3=O)c(OC(F)(F)F)c2)cc1. The fourth-order valence-corrected chi connectivity index (χ4v) is 4.14. The number of rotatable bonds is 8. The number of amides is 2. The van der Waals surface area contributed by atoms with Crippen molar-refractivity contribution in [2.24, 2.45) is 11.5 Å². The maximum absolute atomic E-state index is 13.5. The maximum atomic E-state index is 13.5. The van der Waals surface area contributed by atoms with E-state index in [-0.39, 0.29) is 17.5 Å². The molecule has 4 rings (SSSR count). The number of benzene rings is 3. The Bertz CT molecular complexity index is 1610. The summed E-state index contributed by atoms with van der Waals surface area (Å²) in [5, 5.41) is 0. The minimum atomic E-state index is -5.10. The first-order chi connectivity index (χ1) is 18.4. The van der Waals surface area contributed by atoms with Gasteiger partial charge < -0.3 is 21.2 Å². The minimum absolute atomic E-state index is 0.0688. The standard InChI is InChI=1S/C27H21F3N4O5/c28-27(29,30)39-22-13-18(16-6-8-17(9-7-16)24(31)36)10-11-19(22)21(12-15-4-2-1-3-5-15)34-23(35)14-20(25(32)37)33-26(34)38/h1-11,13-14,21H,12H2,(H2,31,36)(H2,32,37)(H,33,38). The number of aromatic amines is 1. The number of ether oxygens (including phenoxy) is 1. The fraction of sp³-hybridized carbons (Fsp3) is 0.111. The second-order valence-electron chi connectivity index (χ2n) is 8.51. The molecule has 12 heteroatoms. The van der Waals surface area contributed by atoms with E-state index in [9.17, 15) is 32.3 Å². The smallest absolute Gasteiger partial charge is 0.405 e. The summed E-state index contributed by atoms with van der Waals surface area (Å²) < 4.78 is 45.7. The third-order valence-corrected chi connectivity index (χ3v) is 5.92. The molecule has 0 aliphatic rings. The quantitative estimate of drug-likeness (QED) is 0.315. The predicted octanol–water partition coefficient (Wildman–Crippen LogP) is 3.13. The van der Waals surface area contributed by atoms with E-state index in [1.165, 1.54) is 36.4 Å². The number of nitrogens with zero attached hydrogens (tertiary/aromatic N) is 1. The van der Waals surface area contributed by atoms with E-state index >= 15 is 0 Å². The summed E-state index contributed by atoms with van der Waals surface area (Å²) in [5.41, 5.74) is 9.46. The summed E-state index contributed by atoms with van der Waals surface area (Å²) in [6.07, 6.45) is -5.17. The van der Waals surface area contributed by atoms with Crippen LogP contribution < -0.4 is 27.5 Å². The summed E-state index contributed by atoms with van der Waals surface area (Å²) >= 11 is 0. The molecule has 0 radical (unpaired) electrons. The maximum Gasteiger partial charge on any atom is 0.573 e. The normalized spacial score (nSPS) is 12.1. The van der Waals surface area contributed by atoms with Crippen molar-refractivity contribution in [2.45, 2.75) is 18.8 Å². The number of hydrogen-bond acceptors (Lipinski definition) is 5. The Balaban J connectivity index is 1.92. The van der Waals surface area contributed by atoms with E-state index in [1.807, 2.05) is 0 Å². The summed E-state index contributed by atoms with van der Waals surface area (Å²) in [5.74, 6) is -2.37. The van der Waals surface area contributed by atoms with Crippen molar-refractivity contribution >= 4 is 11.8 Å². The van der Waals surface area contributed by atoms with Crippen molar-refractivity contribution in [2.75, 3.05) is 0 Å². The second-order valence-corrected chi connectivity index (χ2v) is 8.51. The van der Waals surface area contributed by atoms with Crippen molar-refractivity contribution in [1.29, 1.82) is 0 Å². The van der Waals surface area contributed by atoms with Crippen molar-refractivity contribution in [3.05, 3.63) is 122 Å². The topological polar surface area (TPSA) is 150 Å². The number of carbonyl (C=O) groups is 2. The van der Waals surface area contributed by atoms with Gasteiger partial charge in [0.05, 0.1) is 6.04 Å². The highest BCUT2D eigenvalue weighted by molar-refractivity contribution is 5.93. The third kappa shape index (κ3) is 6.24. The van der Waals surface area contributed by atoms with Crippen molar-refractivity contribution < 1.29 is 27.5 Å². The Hall–Kier alpha value is -5.13. The van der Waals surface area contributed by atoms with Crippen molar-refractivity contribution in [3.8, 4) is 16.9 Å². The Morgan fingerprint density at radius 3 is 2.08 bits per heavy atom. The van der Waals surface area contributed by atoms with E-state index in [4.69, 9.17) is 11.5 Å². The van der Waals surface area contributed by atoms with Gasteiger partial charge >= 0.3 is 12.1 Å². The lowest BCUT2D eigenvalue weighted by molar-refractivity contribution is -0.275. The molecule has 2 amide bonds. The van der Waals surface area contributed by atoms with Crippen LogP contribution in [0.15, 0.2) is 88.5 Å². The van der Waals surface area contributed by atoms with E-state index in [0.29, 0.717) is 21.3 Å². The molecule has 0 aliphatic heterocycles. The molecule has 9 nitrogen and oxygen atoms in total. The Morgan fingerprint density at radius 1 is 0.872 bits per heavy atom. The molecule has 0 saturated carbocycles. The molecule has 0 spiro atoms. The zero-order valence-corrected chi connectivity index (χ0v) is 20.1. The average Bonchev–Trinajstić information content (AvgIpc) is 2.87. The largest absolute Gasteiger partial charge is 0.573 e. The van der Waals surface area contributed by atoms with E-state index in [1.54, 1.807) is 30.3 Å². The van der Waals surface area contributed by atoms with Crippen molar-refractivity contribution in [1.82, 2.24) is 9.55 Å². The molecule has 1 aromatic heterocycles. The molecule has 0 bridgehead atoms. The van der Waals surface area contributed by atoms with Gasteiger partial charge in [0.2, 0.25) is 5.91 Å². The lowest BCUT2D eigenvalue weighted by Gasteiger charge is -2.23. The third-order valence-electron chi connectivity index (χ3n) is 5.92. The van der Waals surface area contributed by atoms with E-state index in [0.717, 1.165) is 12.1 Å². The Morgan fingerprint density at radius 2 is 1.51 bits per heavy atom. The van der Waals surface area contributed by atoms with Crippen LogP contribution in [-0.4, -0.2) is 27.7 Å². The van der Waals surface area contributed by atoms with Crippen LogP contribution in [-0.2, 0) is 6.42 Å².